The number of nitrogens with one attached hydrogen (secondary N) is 2. The van der Waals surface area contributed by atoms with Crippen LogP contribution in [0.25, 0.3) is 0 Å². The smallest absolute Gasteiger partial charge is 0.308 e. The first-order valence-electron chi connectivity index (χ1n) is 11.9. The fourth-order valence-electron chi connectivity index (χ4n) is 3.72. The van der Waals surface area contributed by atoms with E-state index >= 15 is 0 Å². The largest absolute Gasteiger partial charge is 0.490 e. The average Bonchev–Trinajstić information content (AvgIpc) is 2.89. The van der Waals surface area contributed by atoms with Gasteiger partial charge >= 0.3 is 5.97 Å². The molecule has 1 aliphatic heterocycles. The number of methoxy groups -OCH3 is 1. The molecule has 0 saturated carbocycles. The molecule has 2 aromatic carbocycles. The number of amides is 2. The second kappa shape index (κ2) is 14.7. The minimum Gasteiger partial charge on any atom is -0.490 e. The maximum atomic E-state index is 12.8. The third-order valence-corrected chi connectivity index (χ3v) is 6.58. The van der Waals surface area contributed by atoms with Gasteiger partial charge in [-0.15, -0.1) is 0 Å². The predicted octanol–water partition coefficient (Wildman–Crippen LogP) is 2.86. The number of benzene rings is 2. The van der Waals surface area contributed by atoms with Crippen LogP contribution in [-0.2, 0) is 25.5 Å². The van der Waals surface area contributed by atoms with E-state index in [1.54, 1.807) is 30.2 Å². The lowest BCUT2D eigenvalue weighted by molar-refractivity contribution is -0.147. The molecule has 1 fully saturated rings. The number of hydrogen-bond donors (Lipinski definition) is 2. The maximum absolute atomic E-state index is 12.8. The average molecular weight is 593 g/mol. The first kappa shape index (κ1) is 28.5. The third-order valence-electron chi connectivity index (χ3n) is 5.63. The van der Waals surface area contributed by atoms with Crippen LogP contribution in [0.4, 0.5) is 0 Å². The molecule has 1 saturated heterocycles. The molecule has 1 heterocycles. The van der Waals surface area contributed by atoms with Gasteiger partial charge in [-0.2, -0.15) is 0 Å². The molecule has 0 bridgehead atoms. The van der Waals surface area contributed by atoms with Crippen molar-refractivity contribution in [3.05, 3.63) is 64.1 Å². The van der Waals surface area contributed by atoms with Crippen molar-refractivity contribution in [2.45, 2.75) is 25.3 Å². The summed E-state index contributed by atoms with van der Waals surface area (Å²) in [5, 5.41) is 5.47. The lowest BCUT2D eigenvalue weighted by Crippen LogP contribution is -2.60. The van der Waals surface area contributed by atoms with Gasteiger partial charge in [0.25, 0.3) is 5.91 Å². The Morgan fingerprint density at radius 3 is 2.68 bits per heavy atom. The van der Waals surface area contributed by atoms with Gasteiger partial charge in [0.15, 0.2) is 5.11 Å². The molecule has 3 rings (SSSR count). The van der Waals surface area contributed by atoms with Crippen LogP contribution in [0.15, 0.2) is 53.0 Å². The molecular weight excluding hydrogens is 562 g/mol. The monoisotopic (exact) mass is 591 g/mol. The van der Waals surface area contributed by atoms with Crippen LogP contribution in [0.2, 0.25) is 0 Å². The molecule has 1 unspecified atom stereocenters. The maximum Gasteiger partial charge on any atom is 0.308 e. The van der Waals surface area contributed by atoms with Crippen molar-refractivity contribution in [3.8, 4) is 5.75 Å². The zero-order chi connectivity index (χ0) is 26.6. The highest BCUT2D eigenvalue weighted by molar-refractivity contribution is 9.10. The van der Waals surface area contributed by atoms with Gasteiger partial charge in [0, 0.05) is 25.8 Å². The van der Waals surface area contributed by atoms with E-state index in [0.29, 0.717) is 48.5 Å². The molecule has 198 valence electrons. The van der Waals surface area contributed by atoms with E-state index < -0.39 is 17.9 Å². The summed E-state index contributed by atoms with van der Waals surface area (Å²) in [6.45, 7) is 1.76. The van der Waals surface area contributed by atoms with Crippen LogP contribution in [0.3, 0.4) is 0 Å². The topological polar surface area (TPSA) is 106 Å². The van der Waals surface area contributed by atoms with Crippen molar-refractivity contribution in [1.29, 1.82) is 0 Å². The van der Waals surface area contributed by atoms with Gasteiger partial charge in [-0.25, -0.2) is 0 Å². The number of carbonyl (C=O) groups excluding carboxylic acids is 3. The number of ether oxygens (including phenoxy) is 3. The van der Waals surface area contributed by atoms with Crippen LogP contribution in [0, 0.1) is 0 Å². The normalized spacial score (nSPS) is 15.0. The fraction of sp³-hybridized carbons (Fsp3) is 0.385. The summed E-state index contributed by atoms with van der Waals surface area (Å²) in [6, 6.07) is 13.9. The highest BCUT2D eigenvalue weighted by atomic mass is 79.9. The number of halogens is 1. The molecule has 2 amide bonds. The van der Waals surface area contributed by atoms with Crippen molar-refractivity contribution < 1.29 is 28.6 Å². The van der Waals surface area contributed by atoms with Crippen LogP contribution in [-0.4, -0.2) is 73.9 Å². The Labute approximate surface area is 230 Å². The molecule has 9 nitrogen and oxygen atoms in total. The summed E-state index contributed by atoms with van der Waals surface area (Å²) in [7, 11) is 1.58. The molecule has 0 spiro atoms. The molecule has 0 aliphatic carbocycles. The van der Waals surface area contributed by atoms with Gasteiger partial charge in [-0.05, 0) is 64.8 Å². The van der Waals surface area contributed by atoms with Gasteiger partial charge in [0.05, 0.1) is 24.1 Å². The Bertz CT molecular complexity index is 1100. The van der Waals surface area contributed by atoms with E-state index in [-0.39, 0.29) is 24.0 Å². The highest BCUT2D eigenvalue weighted by Gasteiger charge is 2.34. The minimum atomic E-state index is -0.869. The Balaban J connectivity index is 1.53. The van der Waals surface area contributed by atoms with Crippen molar-refractivity contribution in [3.63, 3.8) is 0 Å². The molecule has 37 heavy (non-hydrogen) atoms. The van der Waals surface area contributed by atoms with Gasteiger partial charge in [-0.3, -0.25) is 19.7 Å². The third kappa shape index (κ3) is 8.80. The van der Waals surface area contributed by atoms with Crippen molar-refractivity contribution in [2.24, 2.45) is 0 Å². The van der Waals surface area contributed by atoms with Crippen molar-refractivity contribution in [1.82, 2.24) is 15.5 Å². The first-order valence-corrected chi connectivity index (χ1v) is 13.1. The molecule has 2 N–H and O–H groups in total. The second-order valence-corrected chi connectivity index (χ2v) is 9.50. The van der Waals surface area contributed by atoms with Crippen molar-refractivity contribution in [2.75, 3.05) is 40.0 Å². The van der Waals surface area contributed by atoms with Crippen LogP contribution in [0.5, 0.6) is 5.75 Å². The zero-order valence-electron chi connectivity index (χ0n) is 20.5. The summed E-state index contributed by atoms with van der Waals surface area (Å²) in [4.78, 5) is 39.4. The summed E-state index contributed by atoms with van der Waals surface area (Å²) < 4.78 is 16.5. The van der Waals surface area contributed by atoms with Crippen LogP contribution < -0.4 is 15.4 Å². The number of nitrogens with zero attached hydrogens (tertiary/aromatic N) is 1. The Morgan fingerprint density at radius 1 is 1.16 bits per heavy atom. The molecule has 0 aromatic heterocycles. The van der Waals surface area contributed by atoms with Crippen LogP contribution in [0.1, 0.15) is 28.8 Å². The number of thiocarbonyl (C=S) groups is 1. The Hall–Kier alpha value is -3.02. The van der Waals surface area contributed by atoms with Gasteiger partial charge in [0.2, 0.25) is 5.91 Å². The minimum absolute atomic E-state index is 0.0678. The van der Waals surface area contributed by atoms with Crippen LogP contribution >= 0.6 is 28.1 Å². The van der Waals surface area contributed by atoms with Gasteiger partial charge < -0.3 is 24.4 Å². The number of esters is 1. The van der Waals surface area contributed by atoms with Gasteiger partial charge in [-0.1, -0.05) is 30.3 Å². The summed E-state index contributed by atoms with van der Waals surface area (Å²) in [6.07, 6.45) is 1.29. The highest BCUT2D eigenvalue weighted by Crippen LogP contribution is 2.26. The lowest BCUT2D eigenvalue weighted by atomic mass is 10.1. The van der Waals surface area contributed by atoms with E-state index in [1.807, 2.05) is 30.3 Å². The van der Waals surface area contributed by atoms with E-state index in [1.165, 1.54) is 0 Å². The number of aryl methyl sites for hydroxylation is 1. The summed E-state index contributed by atoms with van der Waals surface area (Å²) >= 11 is 8.83. The quantitative estimate of drug-likeness (QED) is 0.233. The first-order chi connectivity index (χ1) is 17.9. The van der Waals surface area contributed by atoms with Crippen molar-refractivity contribution >= 4 is 51.0 Å². The fourth-order valence-corrected chi connectivity index (χ4v) is 4.52. The zero-order valence-corrected chi connectivity index (χ0v) is 22.9. The van der Waals surface area contributed by atoms with Gasteiger partial charge in [0.1, 0.15) is 18.4 Å². The van der Waals surface area contributed by atoms with E-state index in [9.17, 15) is 14.4 Å². The SMILES string of the molecule is COCCOc1ccc(C(=O)NC(=S)N2CCNC(=O)C2CC(=O)OCCCc2ccccc2)cc1Br. The molecule has 11 heteroatoms. The second-order valence-electron chi connectivity index (χ2n) is 8.26. The number of piperazine rings is 1. The Kier molecular flexibility index (Phi) is 11.3. The summed E-state index contributed by atoms with van der Waals surface area (Å²) in [5.74, 6) is -0.708. The number of carbonyl (C=O) groups is 3. The molecule has 1 aliphatic rings. The standard InChI is InChI=1S/C26H30BrN3O6S/c1-34-14-15-35-22-10-9-19(16-20(22)27)24(32)29-26(37)30-12-11-28-25(33)21(30)17-23(31)36-13-5-8-18-6-3-2-4-7-18/h2-4,6-7,9-10,16,21H,5,8,11-15,17H2,1H3,(H,28,33)(H,29,32,37). The predicted molar refractivity (Wildman–Crippen MR) is 145 cm³/mol. The van der Waals surface area contributed by atoms with E-state index in [2.05, 4.69) is 26.6 Å². The Morgan fingerprint density at radius 2 is 1.95 bits per heavy atom. The molecular formula is C26H30BrN3O6S. The lowest BCUT2D eigenvalue weighted by Gasteiger charge is -2.36. The molecule has 2 aromatic rings. The summed E-state index contributed by atoms with van der Waals surface area (Å²) in [5.41, 5.74) is 1.52. The van der Waals surface area contributed by atoms with E-state index in [0.717, 1.165) is 12.0 Å². The number of rotatable bonds is 11. The molecule has 0 radical (unpaired) electrons. The molecule has 1 atom stereocenters. The van der Waals surface area contributed by atoms with E-state index in [4.69, 9.17) is 26.4 Å². The number of hydrogen-bond acceptors (Lipinski definition) is 7.